The standard InChI is InChI=1S/C34H34N4O3/c1-22-13-18-29(36-34(35)38-33(40)28-19-23(2)24(3)31(20-28)41-4)21-30(22)37-32(39)27-16-14-26(15-17-27)12-8-11-25-9-6-5-7-10-25/h5-10,12-21H,11H2,1-4H3,(H,37,39)(H3,35,36,38,40)/b12-8+. The van der Waals surface area contributed by atoms with E-state index in [1.54, 1.807) is 43.5 Å². The third-order valence-electron chi connectivity index (χ3n) is 6.74. The highest BCUT2D eigenvalue weighted by molar-refractivity contribution is 6.07. The zero-order chi connectivity index (χ0) is 29.4. The van der Waals surface area contributed by atoms with E-state index in [0.29, 0.717) is 28.3 Å². The summed E-state index contributed by atoms with van der Waals surface area (Å²) in [7, 11) is 1.56. The third-order valence-corrected chi connectivity index (χ3v) is 6.74. The maximum Gasteiger partial charge on any atom is 0.258 e. The number of guanidine groups is 1. The van der Waals surface area contributed by atoms with Crippen LogP contribution in [0.3, 0.4) is 0 Å². The van der Waals surface area contributed by atoms with Crippen LogP contribution in [-0.2, 0) is 6.42 Å². The van der Waals surface area contributed by atoms with Gasteiger partial charge in [-0.15, -0.1) is 0 Å². The van der Waals surface area contributed by atoms with Crippen LogP contribution < -0.4 is 21.1 Å². The van der Waals surface area contributed by atoms with Crippen molar-refractivity contribution in [1.82, 2.24) is 5.32 Å². The maximum absolute atomic E-state index is 13.0. The number of allylic oxidation sites excluding steroid dienone is 1. The molecule has 0 saturated heterocycles. The highest BCUT2D eigenvalue weighted by Crippen LogP contribution is 2.24. The molecule has 7 nitrogen and oxygen atoms in total. The fourth-order valence-electron chi connectivity index (χ4n) is 4.23. The van der Waals surface area contributed by atoms with Crippen LogP contribution in [0.5, 0.6) is 5.75 Å². The zero-order valence-electron chi connectivity index (χ0n) is 23.7. The second-order valence-electron chi connectivity index (χ2n) is 9.74. The minimum Gasteiger partial charge on any atom is -0.496 e. The van der Waals surface area contributed by atoms with E-state index in [-0.39, 0.29) is 11.9 Å². The normalized spacial score (nSPS) is 11.4. The van der Waals surface area contributed by atoms with Gasteiger partial charge in [0.15, 0.2) is 0 Å². The van der Waals surface area contributed by atoms with Crippen molar-refractivity contribution in [3.05, 3.63) is 130 Å². The molecule has 0 aliphatic carbocycles. The van der Waals surface area contributed by atoms with Crippen molar-refractivity contribution in [3.8, 4) is 5.75 Å². The zero-order valence-corrected chi connectivity index (χ0v) is 23.7. The number of hydrogen-bond acceptors (Lipinski definition) is 4. The number of methoxy groups -OCH3 is 1. The van der Waals surface area contributed by atoms with Crippen molar-refractivity contribution in [2.75, 3.05) is 12.4 Å². The molecule has 7 heteroatoms. The van der Waals surface area contributed by atoms with E-state index in [0.717, 1.165) is 28.7 Å². The second-order valence-corrected chi connectivity index (χ2v) is 9.74. The molecule has 4 N–H and O–H groups in total. The molecule has 4 aromatic rings. The molecule has 41 heavy (non-hydrogen) atoms. The molecule has 0 fully saturated rings. The van der Waals surface area contributed by atoms with Crippen LogP contribution in [0.1, 0.15) is 48.5 Å². The van der Waals surface area contributed by atoms with Gasteiger partial charge < -0.3 is 15.8 Å². The van der Waals surface area contributed by atoms with Gasteiger partial charge in [-0.05, 0) is 91.4 Å². The van der Waals surface area contributed by atoms with E-state index in [1.165, 1.54) is 5.56 Å². The molecule has 0 aliphatic rings. The summed E-state index contributed by atoms with van der Waals surface area (Å²) in [6, 6.07) is 26.4. The predicted octanol–water partition coefficient (Wildman–Crippen LogP) is 6.50. The highest BCUT2D eigenvalue weighted by atomic mass is 16.5. The van der Waals surface area contributed by atoms with Gasteiger partial charge in [0.1, 0.15) is 5.75 Å². The summed E-state index contributed by atoms with van der Waals surface area (Å²) >= 11 is 0. The Morgan fingerprint density at radius 1 is 0.854 bits per heavy atom. The number of anilines is 1. The topological polar surface area (TPSA) is 106 Å². The lowest BCUT2D eigenvalue weighted by molar-refractivity contribution is 0.0975. The van der Waals surface area contributed by atoms with E-state index < -0.39 is 5.91 Å². The molecule has 0 aromatic heterocycles. The SMILES string of the molecule is COc1cc(C(=O)NC(N)=Nc2ccc(C)c(NC(=O)c3ccc(/C=C/Cc4ccccc4)cc3)c2)cc(C)c1C. The monoisotopic (exact) mass is 546 g/mol. The van der Waals surface area contributed by atoms with Crippen molar-refractivity contribution in [2.24, 2.45) is 10.7 Å². The molecule has 0 unspecified atom stereocenters. The molecule has 0 radical (unpaired) electrons. The van der Waals surface area contributed by atoms with E-state index >= 15 is 0 Å². The number of aryl methyl sites for hydroxylation is 2. The van der Waals surface area contributed by atoms with Gasteiger partial charge in [0, 0.05) is 16.8 Å². The summed E-state index contributed by atoms with van der Waals surface area (Å²) in [5, 5.41) is 5.56. The van der Waals surface area contributed by atoms with Crippen molar-refractivity contribution >= 4 is 35.2 Å². The quantitative estimate of drug-likeness (QED) is 0.173. The molecule has 0 bridgehead atoms. The fraction of sp³-hybridized carbons (Fsp3) is 0.147. The highest BCUT2D eigenvalue weighted by Gasteiger charge is 2.13. The van der Waals surface area contributed by atoms with Gasteiger partial charge in [-0.2, -0.15) is 0 Å². The first kappa shape index (κ1) is 28.8. The van der Waals surface area contributed by atoms with Crippen LogP contribution in [0, 0.1) is 20.8 Å². The molecular weight excluding hydrogens is 512 g/mol. The van der Waals surface area contributed by atoms with Crippen LogP contribution >= 0.6 is 0 Å². The van der Waals surface area contributed by atoms with Crippen molar-refractivity contribution in [1.29, 1.82) is 0 Å². The smallest absolute Gasteiger partial charge is 0.258 e. The van der Waals surface area contributed by atoms with E-state index in [9.17, 15) is 9.59 Å². The van der Waals surface area contributed by atoms with Crippen LogP contribution in [0.25, 0.3) is 6.08 Å². The van der Waals surface area contributed by atoms with Gasteiger partial charge in [0.2, 0.25) is 5.96 Å². The predicted molar refractivity (Wildman–Crippen MR) is 166 cm³/mol. The summed E-state index contributed by atoms with van der Waals surface area (Å²) in [4.78, 5) is 30.0. The van der Waals surface area contributed by atoms with Crippen molar-refractivity contribution in [3.63, 3.8) is 0 Å². The summed E-state index contributed by atoms with van der Waals surface area (Å²) in [6.45, 7) is 5.73. The molecular formula is C34H34N4O3. The molecule has 4 aromatic carbocycles. The largest absolute Gasteiger partial charge is 0.496 e. The number of nitrogens with two attached hydrogens (primary N) is 1. The Kier molecular flexibility index (Phi) is 9.32. The van der Waals surface area contributed by atoms with Crippen LogP contribution in [0.2, 0.25) is 0 Å². The Balaban J connectivity index is 1.40. The van der Waals surface area contributed by atoms with E-state index in [1.807, 2.05) is 63.2 Å². The molecule has 4 rings (SSSR count). The Bertz CT molecular complexity index is 1610. The number of ether oxygens (including phenoxy) is 1. The van der Waals surface area contributed by atoms with Crippen molar-refractivity contribution < 1.29 is 14.3 Å². The lowest BCUT2D eigenvalue weighted by Crippen LogP contribution is -2.36. The Labute approximate surface area is 240 Å². The number of carbonyl (C=O) groups is 2. The summed E-state index contributed by atoms with van der Waals surface area (Å²) in [5.41, 5.74) is 13.1. The lowest BCUT2D eigenvalue weighted by Gasteiger charge is -2.12. The average Bonchev–Trinajstić information content (AvgIpc) is 2.97. The second kappa shape index (κ2) is 13.3. The van der Waals surface area contributed by atoms with Gasteiger partial charge >= 0.3 is 0 Å². The number of carbonyl (C=O) groups excluding carboxylic acids is 2. The van der Waals surface area contributed by atoms with Gasteiger partial charge in [-0.25, -0.2) is 4.99 Å². The number of hydrogen-bond donors (Lipinski definition) is 3. The first-order valence-electron chi connectivity index (χ1n) is 13.3. The van der Waals surface area contributed by atoms with Gasteiger partial charge in [-0.3, -0.25) is 14.9 Å². The average molecular weight is 547 g/mol. The number of rotatable bonds is 8. The van der Waals surface area contributed by atoms with Gasteiger partial charge in [-0.1, -0.05) is 60.7 Å². The number of nitrogens with one attached hydrogen (secondary N) is 2. The summed E-state index contributed by atoms with van der Waals surface area (Å²) in [5.74, 6) is -0.0753. The van der Waals surface area contributed by atoms with Gasteiger partial charge in [0.05, 0.1) is 12.8 Å². The number of aliphatic imine (C=N–C) groups is 1. The van der Waals surface area contributed by atoms with E-state index in [4.69, 9.17) is 10.5 Å². The van der Waals surface area contributed by atoms with Crippen LogP contribution in [-0.4, -0.2) is 24.9 Å². The minimum absolute atomic E-state index is 0.0655. The minimum atomic E-state index is -0.397. The van der Waals surface area contributed by atoms with E-state index in [2.05, 4.69) is 33.8 Å². The number of nitrogens with zero attached hydrogens (tertiary/aromatic N) is 1. The lowest BCUT2D eigenvalue weighted by atomic mass is 10.0. The van der Waals surface area contributed by atoms with Crippen LogP contribution in [0.4, 0.5) is 11.4 Å². The summed E-state index contributed by atoms with van der Waals surface area (Å²) in [6.07, 6.45) is 4.99. The summed E-state index contributed by atoms with van der Waals surface area (Å²) < 4.78 is 5.36. The molecule has 2 amide bonds. The number of amides is 2. The molecule has 0 aliphatic heterocycles. The van der Waals surface area contributed by atoms with Crippen LogP contribution in [0.15, 0.2) is 96.0 Å². The molecule has 0 atom stereocenters. The maximum atomic E-state index is 13.0. The molecule has 0 heterocycles. The first-order chi connectivity index (χ1) is 19.7. The number of benzene rings is 4. The Morgan fingerprint density at radius 3 is 2.29 bits per heavy atom. The third kappa shape index (κ3) is 7.70. The van der Waals surface area contributed by atoms with Gasteiger partial charge in [0.25, 0.3) is 11.8 Å². The Hall–Kier alpha value is -5.17. The molecule has 208 valence electrons. The Morgan fingerprint density at radius 2 is 1.59 bits per heavy atom. The molecule has 0 spiro atoms. The first-order valence-corrected chi connectivity index (χ1v) is 13.3. The fourth-order valence-corrected chi connectivity index (χ4v) is 4.23. The molecule has 0 saturated carbocycles. The van der Waals surface area contributed by atoms with Crippen molar-refractivity contribution in [2.45, 2.75) is 27.2 Å².